The summed E-state index contributed by atoms with van der Waals surface area (Å²) in [5.74, 6) is -0.292. The van der Waals surface area contributed by atoms with Gasteiger partial charge >= 0.3 is 6.18 Å². The van der Waals surface area contributed by atoms with E-state index >= 15 is 0 Å². The number of likely N-dealkylation sites (tertiary alicyclic amines) is 1. The zero-order chi connectivity index (χ0) is 22.1. The molecule has 0 aliphatic carbocycles. The Morgan fingerprint density at radius 1 is 1.03 bits per heavy atom. The van der Waals surface area contributed by atoms with Crippen LogP contribution in [-0.2, 0) is 22.6 Å². The summed E-state index contributed by atoms with van der Waals surface area (Å²) >= 11 is 0. The Balaban J connectivity index is 1.38. The summed E-state index contributed by atoms with van der Waals surface area (Å²) in [6.45, 7) is 1.89. The molecule has 1 saturated heterocycles. The van der Waals surface area contributed by atoms with Gasteiger partial charge in [0.2, 0.25) is 0 Å². The number of rotatable bonds is 6. The number of halogens is 3. The van der Waals surface area contributed by atoms with Gasteiger partial charge < -0.3 is 0 Å². The van der Waals surface area contributed by atoms with Crippen molar-refractivity contribution in [1.82, 2.24) is 14.7 Å². The Morgan fingerprint density at radius 2 is 1.81 bits per heavy atom. The number of para-hydroxylation sites is 1. The van der Waals surface area contributed by atoms with E-state index in [1.54, 1.807) is 4.68 Å². The van der Waals surface area contributed by atoms with Crippen LogP contribution in [0.2, 0.25) is 0 Å². The molecule has 1 atom stereocenters. The standard InChI is InChI=1S/C22H22F3N3O2S/c23-22(24,25)18-5-4-8-21(13-18)31(29,30)16-17-9-11-27(14-17)15-19-10-12-28(26-19)20-6-2-1-3-7-20/h1-8,10,12-13,17H,9,11,14-16H2/t17-/m1/s1. The summed E-state index contributed by atoms with van der Waals surface area (Å²) in [5.41, 5.74) is 0.890. The van der Waals surface area contributed by atoms with E-state index in [0.29, 0.717) is 19.5 Å². The molecular weight excluding hydrogens is 427 g/mol. The lowest BCUT2D eigenvalue weighted by Gasteiger charge is -2.15. The second-order valence-electron chi connectivity index (χ2n) is 7.78. The number of sulfone groups is 1. The molecule has 2 aromatic carbocycles. The van der Waals surface area contributed by atoms with Crippen LogP contribution >= 0.6 is 0 Å². The molecule has 0 spiro atoms. The maximum absolute atomic E-state index is 12.9. The van der Waals surface area contributed by atoms with E-state index in [1.165, 1.54) is 6.07 Å². The SMILES string of the molecule is O=S(=O)(C[C@@H]1CCN(Cc2ccn(-c3ccccc3)n2)C1)c1cccc(C(F)(F)F)c1. The summed E-state index contributed by atoms with van der Waals surface area (Å²) in [5, 5.41) is 4.57. The molecule has 1 fully saturated rings. The second-order valence-corrected chi connectivity index (χ2v) is 9.82. The first-order valence-corrected chi connectivity index (χ1v) is 11.6. The molecule has 4 rings (SSSR count). The highest BCUT2D eigenvalue weighted by atomic mass is 32.2. The Bertz CT molecular complexity index is 1140. The first kappa shape index (κ1) is 21.6. The van der Waals surface area contributed by atoms with E-state index in [2.05, 4.69) is 10.00 Å². The van der Waals surface area contributed by atoms with Gasteiger partial charge in [0.15, 0.2) is 9.84 Å². The van der Waals surface area contributed by atoms with E-state index in [0.717, 1.165) is 36.1 Å². The summed E-state index contributed by atoms with van der Waals surface area (Å²) in [6.07, 6.45) is -2.01. The Kier molecular flexibility index (Phi) is 5.90. The molecule has 3 aromatic rings. The molecule has 164 valence electrons. The van der Waals surface area contributed by atoms with Crippen molar-refractivity contribution < 1.29 is 21.6 Å². The summed E-state index contributed by atoms with van der Waals surface area (Å²) in [4.78, 5) is 1.85. The third kappa shape index (κ3) is 5.16. The number of benzene rings is 2. The second kappa shape index (κ2) is 8.47. The van der Waals surface area contributed by atoms with Crippen molar-refractivity contribution in [3.63, 3.8) is 0 Å². The van der Waals surface area contributed by atoms with Gasteiger partial charge in [0.05, 0.1) is 27.6 Å². The average Bonchev–Trinajstić information content (AvgIpc) is 3.38. The molecule has 0 amide bonds. The van der Waals surface area contributed by atoms with Gasteiger partial charge in [-0.15, -0.1) is 0 Å². The minimum atomic E-state index is -4.57. The zero-order valence-electron chi connectivity index (χ0n) is 16.7. The van der Waals surface area contributed by atoms with Crippen LogP contribution in [0.25, 0.3) is 5.69 Å². The fraction of sp³-hybridized carbons (Fsp3) is 0.318. The molecule has 5 nitrogen and oxygen atoms in total. The molecule has 0 N–H and O–H groups in total. The maximum Gasteiger partial charge on any atom is 0.416 e. The van der Waals surface area contributed by atoms with E-state index in [4.69, 9.17) is 0 Å². The van der Waals surface area contributed by atoms with Crippen LogP contribution in [0.4, 0.5) is 13.2 Å². The molecule has 2 heterocycles. The molecule has 31 heavy (non-hydrogen) atoms. The van der Waals surface area contributed by atoms with Crippen LogP contribution in [0.3, 0.4) is 0 Å². The van der Waals surface area contributed by atoms with Gasteiger partial charge in [0, 0.05) is 19.3 Å². The Labute approximate surface area is 179 Å². The number of aromatic nitrogens is 2. The third-order valence-corrected chi connectivity index (χ3v) is 7.28. The molecule has 0 radical (unpaired) electrons. The van der Waals surface area contributed by atoms with Crippen LogP contribution < -0.4 is 0 Å². The van der Waals surface area contributed by atoms with E-state index in [-0.39, 0.29) is 16.6 Å². The molecule has 1 aromatic heterocycles. The highest BCUT2D eigenvalue weighted by molar-refractivity contribution is 7.91. The van der Waals surface area contributed by atoms with Crippen molar-refractivity contribution in [2.45, 2.75) is 24.0 Å². The van der Waals surface area contributed by atoms with Crippen molar-refractivity contribution in [1.29, 1.82) is 0 Å². The predicted molar refractivity (Wildman–Crippen MR) is 110 cm³/mol. The van der Waals surface area contributed by atoms with Gasteiger partial charge in [-0.1, -0.05) is 24.3 Å². The summed E-state index contributed by atoms with van der Waals surface area (Å²) < 4.78 is 65.9. The fourth-order valence-electron chi connectivity index (χ4n) is 3.86. The Hall–Kier alpha value is -2.65. The maximum atomic E-state index is 12.9. The molecule has 0 saturated carbocycles. The minimum absolute atomic E-state index is 0.129. The third-order valence-electron chi connectivity index (χ3n) is 5.40. The van der Waals surface area contributed by atoms with Crippen LogP contribution in [0.1, 0.15) is 17.7 Å². The molecule has 1 aliphatic rings. The fourth-order valence-corrected chi connectivity index (χ4v) is 5.54. The first-order valence-electron chi connectivity index (χ1n) is 9.93. The van der Waals surface area contributed by atoms with Crippen molar-refractivity contribution in [3.8, 4) is 5.69 Å². The normalized spacial score (nSPS) is 17.8. The van der Waals surface area contributed by atoms with E-state index < -0.39 is 21.6 Å². The molecule has 0 unspecified atom stereocenters. The van der Waals surface area contributed by atoms with Gasteiger partial charge in [-0.2, -0.15) is 18.3 Å². The van der Waals surface area contributed by atoms with E-state index in [9.17, 15) is 21.6 Å². The largest absolute Gasteiger partial charge is 0.416 e. The Morgan fingerprint density at radius 3 is 2.55 bits per heavy atom. The van der Waals surface area contributed by atoms with Gasteiger partial charge in [0.25, 0.3) is 0 Å². The van der Waals surface area contributed by atoms with Gasteiger partial charge in [-0.3, -0.25) is 4.90 Å². The minimum Gasteiger partial charge on any atom is -0.297 e. The lowest BCUT2D eigenvalue weighted by Crippen LogP contribution is -2.23. The predicted octanol–water partition coefficient (Wildman–Crippen LogP) is 4.19. The zero-order valence-corrected chi connectivity index (χ0v) is 17.5. The number of hydrogen-bond acceptors (Lipinski definition) is 4. The first-order chi connectivity index (χ1) is 14.7. The lowest BCUT2D eigenvalue weighted by molar-refractivity contribution is -0.137. The van der Waals surface area contributed by atoms with Gasteiger partial charge in [-0.05, 0) is 55.3 Å². The lowest BCUT2D eigenvalue weighted by atomic mass is 10.2. The summed E-state index contributed by atoms with van der Waals surface area (Å²) in [7, 11) is -3.80. The van der Waals surface area contributed by atoms with Crippen molar-refractivity contribution in [2.75, 3.05) is 18.8 Å². The summed E-state index contributed by atoms with van der Waals surface area (Å²) in [6, 6.07) is 15.6. The molecule has 1 aliphatic heterocycles. The van der Waals surface area contributed by atoms with Crippen LogP contribution in [0, 0.1) is 5.92 Å². The van der Waals surface area contributed by atoms with E-state index in [1.807, 2.05) is 42.6 Å². The number of nitrogens with zero attached hydrogens (tertiary/aromatic N) is 3. The molecular formula is C22H22F3N3O2S. The van der Waals surface area contributed by atoms with Gasteiger partial charge in [0.1, 0.15) is 0 Å². The molecule has 0 bridgehead atoms. The monoisotopic (exact) mass is 449 g/mol. The topological polar surface area (TPSA) is 55.2 Å². The van der Waals surface area contributed by atoms with Crippen LogP contribution in [-0.4, -0.2) is 41.9 Å². The number of alkyl halides is 3. The highest BCUT2D eigenvalue weighted by Gasteiger charge is 2.33. The molecule has 9 heteroatoms. The van der Waals surface area contributed by atoms with Crippen molar-refractivity contribution in [2.24, 2.45) is 5.92 Å². The van der Waals surface area contributed by atoms with Crippen molar-refractivity contribution in [3.05, 3.63) is 78.1 Å². The number of hydrogen-bond donors (Lipinski definition) is 0. The quantitative estimate of drug-likeness (QED) is 0.566. The van der Waals surface area contributed by atoms with Crippen LogP contribution in [0.5, 0.6) is 0 Å². The van der Waals surface area contributed by atoms with Crippen LogP contribution in [0.15, 0.2) is 71.8 Å². The van der Waals surface area contributed by atoms with Crippen molar-refractivity contribution >= 4 is 9.84 Å². The highest BCUT2D eigenvalue weighted by Crippen LogP contribution is 2.31. The van der Waals surface area contributed by atoms with Gasteiger partial charge in [-0.25, -0.2) is 13.1 Å². The average molecular weight is 449 g/mol. The smallest absolute Gasteiger partial charge is 0.297 e.